The number of allylic oxidation sites excluding steroid dienone is 1. The van der Waals surface area contributed by atoms with Crippen LogP contribution in [0, 0.1) is 0 Å². The first-order valence-corrected chi connectivity index (χ1v) is 9.54. The van der Waals surface area contributed by atoms with Crippen LogP contribution in [-0.2, 0) is 7.05 Å². The number of aromatic nitrogens is 3. The number of carbonyl (C=O) groups excluding carboxylic acids is 2. The van der Waals surface area contributed by atoms with E-state index < -0.39 is 5.91 Å². The lowest BCUT2D eigenvalue weighted by Crippen LogP contribution is -2.34. The van der Waals surface area contributed by atoms with Crippen molar-refractivity contribution in [3.05, 3.63) is 47.6 Å². The summed E-state index contributed by atoms with van der Waals surface area (Å²) in [7, 11) is 3.72. The van der Waals surface area contributed by atoms with Crippen molar-refractivity contribution in [1.82, 2.24) is 25.0 Å². The average molecular weight is 393 g/mol. The molecule has 0 spiro atoms. The number of aliphatic imine (C=N–C) groups is 1. The number of nitrogens with zero attached hydrogens (tertiary/aromatic N) is 5. The van der Waals surface area contributed by atoms with Gasteiger partial charge in [-0.05, 0) is 31.7 Å². The predicted octanol–water partition coefficient (Wildman–Crippen LogP) is 0.969. The van der Waals surface area contributed by atoms with Crippen molar-refractivity contribution in [2.45, 2.75) is 12.5 Å². The molecule has 0 aromatic carbocycles. The molecule has 2 aromatic heterocycles. The largest absolute Gasteiger partial charge is 0.349 e. The Morgan fingerprint density at radius 2 is 1.93 bits per heavy atom. The van der Waals surface area contributed by atoms with E-state index in [1.54, 1.807) is 25.4 Å². The fourth-order valence-corrected chi connectivity index (χ4v) is 3.34. The summed E-state index contributed by atoms with van der Waals surface area (Å²) < 4.78 is 1.50. The minimum Gasteiger partial charge on any atom is -0.349 e. The van der Waals surface area contributed by atoms with E-state index in [-0.39, 0.29) is 23.3 Å². The number of aryl methyl sites for hydroxylation is 1. The van der Waals surface area contributed by atoms with E-state index in [2.05, 4.69) is 36.7 Å². The second kappa shape index (κ2) is 7.96. The molecule has 0 saturated heterocycles. The number of carbonyl (C=O) groups is 2. The molecule has 9 heteroatoms. The molecule has 0 saturated carbocycles. The standard InChI is InChI=1S/C20H23N7O2/c1-26-8-6-14-10-13(11-22-14)15-4-3-5-16(23-15)19(28)24-17-12-27(2)25-18(17)20(29)21-7-9-26/h3-5,10-12,14H,6-9H2,1-2H3,(H,21,29)(H,24,28). The highest BCUT2D eigenvalue weighted by molar-refractivity contribution is 6.12. The molecule has 2 aromatic rings. The number of hydrogen-bond donors (Lipinski definition) is 2. The van der Waals surface area contributed by atoms with Crippen molar-refractivity contribution in [1.29, 1.82) is 0 Å². The minimum atomic E-state index is -0.398. The number of amides is 2. The summed E-state index contributed by atoms with van der Waals surface area (Å²) in [5.74, 6) is -0.724. The van der Waals surface area contributed by atoms with E-state index >= 15 is 0 Å². The number of likely N-dealkylation sites (N-methyl/N-ethyl adjacent to an activating group) is 1. The third-order valence-electron chi connectivity index (χ3n) is 4.93. The van der Waals surface area contributed by atoms with Gasteiger partial charge in [0.15, 0.2) is 5.69 Å². The van der Waals surface area contributed by atoms with Crippen molar-refractivity contribution >= 4 is 29.3 Å². The normalized spacial score (nSPS) is 20.5. The van der Waals surface area contributed by atoms with Crippen molar-refractivity contribution < 1.29 is 9.59 Å². The highest BCUT2D eigenvalue weighted by Crippen LogP contribution is 2.20. The first kappa shape index (κ1) is 19.0. The average Bonchev–Trinajstić information content (AvgIpc) is 3.32. The maximum atomic E-state index is 12.8. The van der Waals surface area contributed by atoms with Crippen molar-refractivity contribution in [2.75, 3.05) is 32.0 Å². The second-order valence-electron chi connectivity index (χ2n) is 7.24. The Kier molecular flexibility index (Phi) is 5.22. The van der Waals surface area contributed by atoms with Gasteiger partial charge < -0.3 is 15.5 Å². The molecule has 4 rings (SSSR count). The maximum Gasteiger partial charge on any atom is 0.274 e. The smallest absolute Gasteiger partial charge is 0.274 e. The third-order valence-corrected chi connectivity index (χ3v) is 4.93. The third kappa shape index (κ3) is 4.24. The molecule has 4 heterocycles. The Hall–Kier alpha value is -3.33. The van der Waals surface area contributed by atoms with Gasteiger partial charge in [-0.1, -0.05) is 6.07 Å². The molecule has 1 atom stereocenters. The quantitative estimate of drug-likeness (QED) is 0.694. The van der Waals surface area contributed by atoms with E-state index in [0.717, 1.165) is 18.5 Å². The van der Waals surface area contributed by atoms with Crippen LogP contribution in [0.1, 0.15) is 33.1 Å². The number of pyridine rings is 1. The number of nitrogens with one attached hydrogen (secondary N) is 2. The van der Waals surface area contributed by atoms with Crippen LogP contribution in [0.3, 0.4) is 0 Å². The van der Waals surface area contributed by atoms with E-state index in [4.69, 9.17) is 0 Å². The molecule has 150 valence electrons. The Balaban J connectivity index is 1.67. The highest BCUT2D eigenvalue weighted by atomic mass is 16.2. The van der Waals surface area contributed by atoms with Gasteiger partial charge in [0.25, 0.3) is 11.8 Å². The monoisotopic (exact) mass is 393 g/mol. The maximum absolute atomic E-state index is 12.8. The minimum absolute atomic E-state index is 0.0893. The van der Waals surface area contributed by atoms with E-state index in [0.29, 0.717) is 24.5 Å². The van der Waals surface area contributed by atoms with E-state index in [1.807, 2.05) is 19.3 Å². The SMILES string of the molecule is CN1CCNC(=O)c2nn(C)cc2NC(=O)c2cccc(n2)C2=CC(CC1)N=C2. The Morgan fingerprint density at radius 1 is 1.10 bits per heavy atom. The summed E-state index contributed by atoms with van der Waals surface area (Å²) in [6.07, 6.45) is 6.37. The second-order valence-corrected chi connectivity index (χ2v) is 7.24. The Labute approximate surface area is 168 Å². The van der Waals surface area contributed by atoms with Crippen molar-refractivity contribution in [2.24, 2.45) is 12.0 Å². The van der Waals surface area contributed by atoms with Crippen LogP contribution in [0.5, 0.6) is 0 Å². The van der Waals surface area contributed by atoms with Crippen LogP contribution in [0.15, 0.2) is 35.5 Å². The zero-order valence-corrected chi connectivity index (χ0v) is 16.4. The van der Waals surface area contributed by atoms with Gasteiger partial charge in [-0.15, -0.1) is 0 Å². The van der Waals surface area contributed by atoms with E-state index in [9.17, 15) is 9.59 Å². The summed E-state index contributed by atoms with van der Waals surface area (Å²) in [4.78, 5) is 36.5. The Bertz CT molecular complexity index is 1010. The van der Waals surface area contributed by atoms with Gasteiger partial charge in [-0.3, -0.25) is 19.3 Å². The first-order valence-electron chi connectivity index (χ1n) is 9.54. The van der Waals surface area contributed by atoms with Crippen LogP contribution >= 0.6 is 0 Å². The molecular formula is C20H23N7O2. The van der Waals surface area contributed by atoms with Gasteiger partial charge in [0.2, 0.25) is 0 Å². The number of rotatable bonds is 0. The molecule has 4 bridgehead atoms. The molecular weight excluding hydrogens is 370 g/mol. The van der Waals surface area contributed by atoms with Crippen molar-refractivity contribution in [3.8, 4) is 0 Å². The molecule has 2 aliphatic rings. The van der Waals surface area contributed by atoms with Gasteiger partial charge in [0.1, 0.15) is 5.69 Å². The molecule has 29 heavy (non-hydrogen) atoms. The van der Waals surface area contributed by atoms with Gasteiger partial charge in [-0.2, -0.15) is 5.10 Å². The van der Waals surface area contributed by atoms with Crippen LogP contribution in [-0.4, -0.2) is 70.4 Å². The van der Waals surface area contributed by atoms with Crippen LogP contribution in [0.2, 0.25) is 0 Å². The molecule has 2 aliphatic heterocycles. The molecule has 0 fully saturated rings. The highest BCUT2D eigenvalue weighted by Gasteiger charge is 2.21. The molecule has 2 amide bonds. The van der Waals surface area contributed by atoms with Crippen LogP contribution < -0.4 is 10.6 Å². The molecule has 1 unspecified atom stereocenters. The summed E-state index contributed by atoms with van der Waals surface area (Å²) in [5, 5.41) is 9.82. The summed E-state index contributed by atoms with van der Waals surface area (Å²) in [6.45, 7) is 2.04. The van der Waals surface area contributed by atoms with Crippen LogP contribution in [0.4, 0.5) is 5.69 Å². The van der Waals surface area contributed by atoms with Gasteiger partial charge >= 0.3 is 0 Å². The fraction of sp³-hybridized carbons (Fsp3) is 0.350. The van der Waals surface area contributed by atoms with Crippen LogP contribution in [0.25, 0.3) is 5.57 Å². The lowest BCUT2D eigenvalue weighted by Gasteiger charge is -2.17. The number of fused-ring (bicyclic) bond motifs is 5. The topological polar surface area (TPSA) is 105 Å². The molecule has 9 nitrogen and oxygen atoms in total. The van der Waals surface area contributed by atoms with Gasteiger partial charge in [0, 0.05) is 44.7 Å². The molecule has 0 aliphatic carbocycles. The zero-order chi connectivity index (χ0) is 20.4. The molecule has 0 radical (unpaired) electrons. The fourth-order valence-electron chi connectivity index (χ4n) is 3.34. The number of hydrogen-bond acceptors (Lipinski definition) is 6. The lowest BCUT2D eigenvalue weighted by molar-refractivity contribution is 0.0945. The van der Waals surface area contributed by atoms with Gasteiger partial charge in [-0.25, -0.2) is 4.98 Å². The zero-order valence-electron chi connectivity index (χ0n) is 16.4. The molecule has 2 N–H and O–H groups in total. The summed E-state index contributed by atoms with van der Waals surface area (Å²) in [5.41, 5.74) is 2.40. The number of anilines is 1. The summed E-state index contributed by atoms with van der Waals surface area (Å²) >= 11 is 0. The lowest BCUT2D eigenvalue weighted by atomic mass is 10.1. The Morgan fingerprint density at radius 3 is 2.79 bits per heavy atom. The van der Waals surface area contributed by atoms with Gasteiger partial charge in [0.05, 0.1) is 17.4 Å². The predicted molar refractivity (Wildman–Crippen MR) is 110 cm³/mol. The first-order chi connectivity index (χ1) is 14.0. The summed E-state index contributed by atoms with van der Waals surface area (Å²) in [6, 6.07) is 5.38. The van der Waals surface area contributed by atoms with E-state index in [1.165, 1.54) is 4.68 Å². The van der Waals surface area contributed by atoms with Crippen molar-refractivity contribution in [3.63, 3.8) is 0 Å².